The first-order valence-corrected chi connectivity index (χ1v) is 12.2. The Kier molecular flexibility index (Phi) is 8.44. The van der Waals surface area contributed by atoms with Gasteiger partial charge in [-0.1, -0.05) is 60.1 Å². The van der Waals surface area contributed by atoms with Crippen molar-refractivity contribution in [2.75, 3.05) is 6.61 Å². The molecule has 1 aromatic heterocycles. The van der Waals surface area contributed by atoms with E-state index >= 15 is 0 Å². The summed E-state index contributed by atoms with van der Waals surface area (Å²) in [6.45, 7) is 1.40. The number of hydrogen-bond donors (Lipinski definition) is 0. The van der Waals surface area contributed by atoms with Crippen LogP contribution in [0.2, 0.25) is 5.02 Å². The molecule has 0 saturated carbocycles. The third kappa shape index (κ3) is 7.31. The zero-order valence-corrected chi connectivity index (χ0v) is 20.3. The van der Waals surface area contributed by atoms with Crippen LogP contribution in [-0.2, 0) is 30.5 Å². The average molecular weight is 518 g/mol. The highest BCUT2D eigenvalue weighted by molar-refractivity contribution is 7.15. The number of aromatic nitrogens is 1. The number of halogens is 4. The summed E-state index contributed by atoms with van der Waals surface area (Å²) in [7, 11) is 0. The lowest BCUT2D eigenvalue weighted by atomic mass is 10.1. The third-order valence-electron chi connectivity index (χ3n) is 5.22. The molecule has 4 aromatic rings. The second kappa shape index (κ2) is 11.7. The number of nitrogens with zero attached hydrogens (tertiary/aromatic N) is 1. The molecule has 0 amide bonds. The molecule has 0 aliphatic carbocycles. The summed E-state index contributed by atoms with van der Waals surface area (Å²) < 4.78 is 50.5. The van der Waals surface area contributed by atoms with E-state index in [4.69, 9.17) is 26.1 Å². The zero-order chi connectivity index (χ0) is 24.7. The van der Waals surface area contributed by atoms with Crippen molar-refractivity contribution >= 4 is 22.9 Å². The van der Waals surface area contributed by atoms with E-state index in [0.717, 1.165) is 34.7 Å². The Morgan fingerprint density at radius 3 is 2.37 bits per heavy atom. The second-order valence-electron chi connectivity index (χ2n) is 7.85. The van der Waals surface area contributed by atoms with E-state index in [1.165, 1.54) is 23.5 Å². The molecule has 0 fully saturated rings. The summed E-state index contributed by atoms with van der Waals surface area (Å²) in [5, 5.41) is 1.23. The molecule has 3 nitrogen and oxygen atoms in total. The van der Waals surface area contributed by atoms with Crippen LogP contribution in [0.5, 0.6) is 5.75 Å². The van der Waals surface area contributed by atoms with Crippen molar-refractivity contribution < 1.29 is 22.6 Å². The summed E-state index contributed by atoms with van der Waals surface area (Å²) in [5.74, 6) is 0.638. The summed E-state index contributed by atoms with van der Waals surface area (Å²) in [6, 6.07) is 22.1. The molecule has 0 bridgehead atoms. The van der Waals surface area contributed by atoms with Crippen LogP contribution in [0.1, 0.15) is 28.1 Å². The average Bonchev–Trinajstić information content (AvgIpc) is 3.26. The van der Waals surface area contributed by atoms with Crippen LogP contribution >= 0.6 is 22.9 Å². The largest absolute Gasteiger partial charge is 0.488 e. The molecule has 0 N–H and O–H groups in total. The molecule has 35 heavy (non-hydrogen) atoms. The Morgan fingerprint density at radius 2 is 1.66 bits per heavy atom. The fourth-order valence-corrected chi connectivity index (χ4v) is 4.64. The van der Waals surface area contributed by atoms with Gasteiger partial charge in [0.1, 0.15) is 17.4 Å². The van der Waals surface area contributed by atoms with Gasteiger partial charge in [0.15, 0.2) is 0 Å². The van der Waals surface area contributed by atoms with Crippen molar-refractivity contribution in [2.24, 2.45) is 0 Å². The minimum absolute atomic E-state index is 0.291. The normalized spacial score (nSPS) is 11.5. The summed E-state index contributed by atoms with van der Waals surface area (Å²) in [6.07, 6.45) is -2.95. The highest BCUT2D eigenvalue weighted by Gasteiger charge is 2.30. The number of alkyl halides is 3. The van der Waals surface area contributed by atoms with Crippen molar-refractivity contribution in [3.8, 4) is 16.3 Å². The van der Waals surface area contributed by atoms with Crippen molar-refractivity contribution in [2.45, 2.75) is 32.2 Å². The molecule has 4 rings (SSSR count). The molecule has 0 aliphatic rings. The Balaban J connectivity index is 1.44. The van der Waals surface area contributed by atoms with Crippen LogP contribution < -0.4 is 4.74 Å². The molecule has 0 spiro atoms. The summed E-state index contributed by atoms with van der Waals surface area (Å²) >= 11 is 7.46. The van der Waals surface area contributed by atoms with Crippen molar-refractivity contribution in [3.05, 3.63) is 106 Å². The predicted octanol–water partition coefficient (Wildman–Crippen LogP) is 8.21. The van der Waals surface area contributed by atoms with E-state index in [0.29, 0.717) is 47.6 Å². The van der Waals surface area contributed by atoms with Gasteiger partial charge in [-0.2, -0.15) is 13.2 Å². The Morgan fingerprint density at radius 1 is 0.886 bits per heavy atom. The van der Waals surface area contributed by atoms with E-state index in [-0.39, 0.29) is 0 Å². The highest BCUT2D eigenvalue weighted by Crippen LogP contribution is 2.34. The minimum Gasteiger partial charge on any atom is -0.488 e. The fourth-order valence-electron chi connectivity index (χ4n) is 3.43. The van der Waals surface area contributed by atoms with E-state index in [1.54, 1.807) is 12.1 Å². The van der Waals surface area contributed by atoms with E-state index in [2.05, 4.69) is 0 Å². The number of rotatable bonds is 10. The van der Waals surface area contributed by atoms with E-state index in [9.17, 15) is 13.2 Å². The van der Waals surface area contributed by atoms with Crippen LogP contribution in [-0.4, -0.2) is 11.6 Å². The first-order valence-electron chi connectivity index (χ1n) is 11.0. The number of hydrogen-bond acceptors (Lipinski definition) is 4. The molecule has 3 aromatic carbocycles. The standard InChI is InChI=1S/C27H23ClF3NO2S/c28-22-8-4-9-23(16-22)34-18-25-24(10-5-15-33-17-19-6-2-1-3-7-19)32-26(35-25)20-11-13-21(14-12-20)27(29,30)31/h1-4,6-9,11-14,16H,5,10,15,17-18H2. The molecular formula is C27H23ClF3NO2S. The monoisotopic (exact) mass is 517 g/mol. The van der Waals surface area contributed by atoms with E-state index < -0.39 is 11.7 Å². The molecule has 0 unspecified atom stereocenters. The van der Waals surface area contributed by atoms with Gasteiger partial charge in [-0.15, -0.1) is 11.3 Å². The number of ether oxygens (including phenoxy) is 2. The van der Waals surface area contributed by atoms with Gasteiger partial charge < -0.3 is 9.47 Å². The minimum atomic E-state index is -4.37. The van der Waals surface area contributed by atoms with Crippen molar-refractivity contribution in [1.29, 1.82) is 0 Å². The van der Waals surface area contributed by atoms with Gasteiger partial charge in [0.25, 0.3) is 0 Å². The maximum Gasteiger partial charge on any atom is 0.416 e. The van der Waals surface area contributed by atoms with Gasteiger partial charge in [0, 0.05) is 17.2 Å². The highest BCUT2D eigenvalue weighted by atomic mass is 35.5. The van der Waals surface area contributed by atoms with Crippen LogP contribution in [0.25, 0.3) is 10.6 Å². The van der Waals surface area contributed by atoms with Crippen molar-refractivity contribution in [3.63, 3.8) is 0 Å². The maximum atomic E-state index is 12.9. The number of aryl methyl sites for hydroxylation is 1. The Labute approximate surface area is 211 Å². The fraction of sp³-hybridized carbons (Fsp3) is 0.222. The smallest absolute Gasteiger partial charge is 0.416 e. The molecule has 8 heteroatoms. The SMILES string of the molecule is FC(F)(F)c1ccc(-c2nc(CCCOCc3ccccc3)c(COc3cccc(Cl)c3)s2)cc1. The van der Waals surface area contributed by atoms with Crippen LogP contribution in [0.4, 0.5) is 13.2 Å². The quantitative estimate of drug-likeness (QED) is 0.199. The topological polar surface area (TPSA) is 31.4 Å². The molecule has 182 valence electrons. The van der Waals surface area contributed by atoms with Gasteiger partial charge in [0.2, 0.25) is 0 Å². The van der Waals surface area contributed by atoms with Gasteiger partial charge in [-0.25, -0.2) is 4.98 Å². The lowest BCUT2D eigenvalue weighted by molar-refractivity contribution is -0.137. The summed E-state index contributed by atoms with van der Waals surface area (Å²) in [5.41, 5.74) is 1.92. The van der Waals surface area contributed by atoms with E-state index in [1.807, 2.05) is 42.5 Å². The first-order chi connectivity index (χ1) is 16.9. The predicted molar refractivity (Wildman–Crippen MR) is 133 cm³/mol. The Hall–Kier alpha value is -2.87. The molecule has 0 atom stereocenters. The maximum absolute atomic E-state index is 12.9. The zero-order valence-electron chi connectivity index (χ0n) is 18.7. The molecule has 0 saturated heterocycles. The van der Waals surface area contributed by atoms with Crippen LogP contribution in [0.3, 0.4) is 0 Å². The third-order valence-corrected chi connectivity index (χ3v) is 6.57. The molecule has 0 radical (unpaired) electrons. The van der Waals surface area contributed by atoms with Crippen LogP contribution in [0, 0.1) is 0 Å². The van der Waals surface area contributed by atoms with Gasteiger partial charge in [-0.05, 0) is 48.7 Å². The lowest BCUT2D eigenvalue weighted by Gasteiger charge is -2.07. The molecule has 1 heterocycles. The lowest BCUT2D eigenvalue weighted by Crippen LogP contribution is -2.04. The van der Waals surface area contributed by atoms with Gasteiger partial charge >= 0.3 is 6.18 Å². The summed E-state index contributed by atoms with van der Waals surface area (Å²) in [4.78, 5) is 5.65. The molecular weight excluding hydrogens is 495 g/mol. The van der Waals surface area contributed by atoms with Gasteiger partial charge in [-0.3, -0.25) is 0 Å². The van der Waals surface area contributed by atoms with Gasteiger partial charge in [0.05, 0.1) is 22.7 Å². The Bertz CT molecular complexity index is 1230. The number of thiazole rings is 1. The van der Waals surface area contributed by atoms with Crippen LogP contribution in [0.15, 0.2) is 78.9 Å². The van der Waals surface area contributed by atoms with Crippen molar-refractivity contribution in [1.82, 2.24) is 4.98 Å². The second-order valence-corrected chi connectivity index (χ2v) is 9.37. The molecule has 0 aliphatic heterocycles. The first kappa shape index (κ1) is 25.2. The number of benzene rings is 3.